The number of nitrogens with zero attached hydrogens (tertiary/aromatic N) is 2. The van der Waals surface area contributed by atoms with Crippen molar-refractivity contribution in [2.45, 2.75) is 6.92 Å². The standard InChI is InChI=1S/C3H2ClN2.C2H4O2.Na/c4-6-2-1-5-3-6;1-2(3)4;/h1-2H;1H3,(H,3,4);/q-1;;+1. The first-order chi connectivity index (χ1) is 4.63. The molecule has 0 saturated heterocycles. The number of hydrogen-bond donors (Lipinski definition) is 1. The number of carboxylic acids is 1. The molecule has 0 saturated carbocycles. The first-order valence-electron chi connectivity index (χ1n) is 2.39. The molecule has 0 unspecified atom stereocenters. The van der Waals surface area contributed by atoms with E-state index in [4.69, 9.17) is 21.7 Å². The molecule has 0 aliphatic rings. The second kappa shape index (κ2) is 8.07. The number of hydrogen-bond acceptors (Lipinski definition) is 2. The summed E-state index contributed by atoms with van der Waals surface area (Å²) in [4.78, 5) is 12.5. The van der Waals surface area contributed by atoms with E-state index in [0.717, 1.165) is 6.92 Å². The third kappa shape index (κ3) is 13.0. The summed E-state index contributed by atoms with van der Waals surface area (Å²) in [6, 6.07) is 0. The van der Waals surface area contributed by atoms with Crippen molar-refractivity contribution in [3.63, 3.8) is 0 Å². The van der Waals surface area contributed by atoms with E-state index < -0.39 is 5.97 Å². The van der Waals surface area contributed by atoms with Gasteiger partial charge in [-0.2, -0.15) is 0 Å². The van der Waals surface area contributed by atoms with Crippen molar-refractivity contribution in [3.8, 4) is 0 Å². The summed E-state index contributed by atoms with van der Waals surface area (Å²) in [5.74, 6) is -0.833. The van der Waals surface area contributed by atoms with Crippen molar-refractivity contribution < 1.29 is 39.5 Å². The fourth-order valence-electron chi connectivity index (χ4n) is 0.214. The summed E-state index contributed by atoms with van der Waals surface area (Å²) in [5.41, 5.74) is 0. The molecule has 0 spiro atoms. The second-order valence-electron chi connectivity index (χ2n) is 1.36. The van der Waals surface area contributed by atoms with Crippen LogP contribution in [0.3, 0.4) is 0 Å². The van der Waals surface area contributed by atoms with E-state index in [2.05, 4.69) is 11.3 Å². The minimum absolute atomic E-state index is 0. The normalized spacial score (nSPS) is 7.09. The number of halogens is 1. The van der Waals surface area contributed by atoms with Crippen LogP contribution in [0.4, 0.5) is 0 Å². The van der Waals surface area contributed by atoms with E-state index >= 15 is 0 Å². The molecule has 0 fully saturated rings. The van der Waals surface area contributed by atoms with Crippen molar-refractivity contribution in [3.05, 3.63) is 18.7 Å². The predicted molar refractivity (Wildman–Crippen MR) is 35.6 cm³/mol. The van der Waals surface area contributed by atoms with Gasteiger partial charge < -0.3 is 14.2 Å². The first-order valence-corrected chi connectivity index (χ1v) is 2.73. The monoisotopic (exact) mass is 184 g/mol. The number of imidazole rings is 1. The zero-order valence-corrected chi connectivity index (χ0v) is 9.04. The number of aliphatic carboxylic acids is 1. The molecule has 0 aliphatic heterocycles. The van der Waals surface area contributed by atoms with Crippen LogP contribution in [-0.2, 0) is 4.79 Å². The molecule has 6 heteroatoms. The van der Waals surface area contributed by atoms with E-state index in [9.17, 15) is 0 Å². The van der Waals surface area contributed by atoms with Gasteiger partial charge in [-0.15, -0.1) is 12.4 Å². The van der Waals surface area contributed by atoms with Crippen molar-refractivity contribution >= 4 is 17.7 Å². The summed E-state index contributed by atoms with van der Waals surface area (Å²) in [6.07, 6.45) is 5.59. The fraction of sp³-hybridized carbons (Fsp3) is 0.200. The van der Waals surface area contributed by atoms with Crippen LogP contribution in [0, 0.1) is 6.33 Å². The molecule has 11 heavy (non-hydrogen) atoms. The molecule has 0 aromatic carbocycles. The first kappa shape index (κ1) is 13.6. The third-order valence-electron chi connectivity index (χ3n) is 0.425. The number of aromatic nitrogens is 2. The third-order valence-corrected chi connectivity index (χ3v) is 0.614. The van der Waals surface area contributed by atoms with Gasteiger partial charge >= 0.3 is 29.6 Å². The minimum Gasteiger partial charge on any atom is -0.481 e. The Balaban J connectivity index is 0. The van der Waals surface area contributed by atoms with Crippen molar-refractivity contribution in [2.75, 3.05) is 0 Å². The van der Waals surface area contributed by atoms with Crippen LogP contribution in [0.2, 0.25) is 0 Å². The van der Waals surface area contributed by atoms with Crippen LogP contribution in [0.5, 0.6) is 0 Å². The number of carboxylic acid groups (broad SMARTS) is 1. The molecule has 1 aromatic heterocycles. The molecule has 0 radical (unpaired) electrons. The fourth-order valence-corrected chi connectivity index (χ4v) is 0.308. The molecule has 0 aliphatic carbocycles. The zero-order chi connectivity index (χ0) is 7.98. The molecular formula is C5H6ClN2NaO2. The van der Waals surface area contributed by atoms with E-state index in [1.807, 2.05) is 0 Å². The maximum Gasteiger partial charge on any atom is 1.00 e. The smallest absolute Gasteiger partial charge is 0.481 e. The van der Waals surface area contributed by atoms with Gasteiger partial charge in [0.25, 0.3) is 5.97 Å². The molecule has 1 N–H and O–H groups in total. The van der Waals surface area contributed by atoms with Crippen LogP contribution >= 0.6 is 11.8 Å². The average molecular weight is 185 g/mol. The molecule has 0 amide bonds. The Hall–Kier alpha value is -0.0300. The van der Waals surface area contributed by atoms with Gasteiger partial charge in [-0.25, -0.2) is 0 Å². The zero-order valence-electron chi connectivity index (χ0n) is 6.28. The van der Waals surface area contributed by atoms with Gasteiger partial charge in [-0.3, -0.25) is 4.79 Å². The Kier molecular flexibility index (Phi) is 9.94. The maximum absolute atomic E-state index is 9.00. The molecule has 1 aromatic rings. The number of rotatable bonds is 0. The van der Waals surface area contributed by atoms with Crippen LogP contribution < -0.4 is 29.6 Å². The van der Waals surface area contributed by atoms with Gasteiger partial charge in [0.05, 0.1) is 0 Å². The Morgan fingerprint density at radius 2 is 2.27 bits per heavy atom. The molecule has 0 atom stereocenters. The molecule has 1 rings (SSSR count). The Morgan fingerprint density at radius 1 is 1.82 bits per heavy atom. The summed E-state index contributed by atoms with van der Waals surface area (Å²) in [6.45, 7) is 1.08. The Bertz CT molecular complexity index is 186. The molecular weight excluding hydrogens is 179 g/mol. The van der Waals surface area contributed by atoms with Crippen LogP contribution in [0.15, 0.2) is 12.4 Å². The summed E-state index contributed by atoms with van der Waals surface area (Å²) >= 11 is 5.25. The van der Waals surface area contributed by atoms with Gasteiger partial charge in [-0.1, -0.05) is 0 Å². The Labute approximate surface area is 91.6 Å². The predicted octanol–water partition coefficient (Wildman–Crippen LogP) is -2.22. The quantitative estimate of drug-likeness (QED) is 0.367. The van der Waals surface area contributed by atoms with E-state index in [-0.39, 0.29) is 29.6 Å². The van der Waals surface area contributed by atoms with Gasteiger partial charge in [0.15, 0.2) is 0 Å². The summed E-state index contributed by atoms with van der Waals surface area (Å²) < 4.78 is 1.24. The summed E-state index contributed by atoms with van der Waals surface area (Å²) in [7, 11) is 0. The van der Waals surface area contributed by atoms with Crippen molar-refractivity contribution in [1.82, 2.24) is 9.07 Å². The van der Waals surface area contributed by atoms with Gasteiger partial charge in [0.2, 0.25) is 0 Å². The van der Waals surface area contributed by atoms with Gasteiger partial charge in [0, 0.05) is 13.3 Å². The largest absolute Gasteiger partial charge is 1.00 e. The topological polar surface area (TPSA) is 55.1 Å². The van der Waals surface area contributed by atoms with Gasteiger partial charge in [0.1, 0.15) is 0 Å². The number of carbonyl (C=O) groups is 1. The SMILES string of the molecule is CC(=O)O.Cln1[c-]ncc1.[Na+]. The molecule has 56 valence electrons. The van der Waals surface area contributed by atoms with E-state index in [0.29, 0.717) is 0 Å². The Morgan fingerprint density at radius 3 is 2.36 bits per heavy atom. The van der Waals surface area contributed by atoms with E-state index in [1.54, 1.807) is 12.4 Å². The summed E-state index contributed by atoms with van der Waals surface area (Å²) in [5, 5.41) is 7.42. The average Bonchev–Trinajstić information content (AvgIpc) is 2.15. The van der Waals surface area contributed by atoms with Crippen molar-refractivity contribution in [2.24, 2.45) is 0 Å². The van der Waals surface area contributed by atoms with E-state index in [1.165, 1.54) is 4.09 Å². The van der Waals surface area contributed by atoms with Crippen LogP contribution in [0.25, 0.3) is 0 Å². The molecule has 1 heterocycles. The minimum atomic E-state index is -0.833. The van der Waals surface area contributed by atoms with Gasteiger partial charge in [-0.05, 0) is 11.8 Å². The van der Waals surface area contributed by atoms with Crippen LogP contribution in [-0.4, -0.2) is 20.1 Å². The molecule has 4 nitrogen and oxygen atoms in total. The molecule has 0 bridgehead atoms. The second-order valence-corrected chi connectivity index (χ2v) is 1.72. The van der Waals surface area contributed by atoms with Crippen LogP contribution in [0.1, 0.15) is 6.92 Å². The van der Waals surface area contributed by atoms with Crippen molar-refractivity contribution in [1.29, 1.82) is 0 Å². The maximum atomic E-state index is 9.00.